The fraction of sp³-hybridized carbons (Fsp3) is 0.714. The highest BCUT2D eigenvalue weighted by molar-refractivity contribution is 5.92. The van der Waals surface area contributed by atoms with Gasteiger partial charge in [-0.1, -0.05) is 0 Å². The van der Waals surface area contributed by atoms with Crippen molar-refractivity contribution in [1.29, 1.82) is 0 Å². The van der Waals surface area contributed by atoms with Crippen molar-refractivity contribution in [3.63, 3.8) is 0 Å². The first-order valence-corrected chi connectivity index (χ1v) is 7.28. The molecule has 7 heteroatoms. The summed E-state index contributed by atoms with van der Waals surface area (Å²) in [5.74, 6) is -0.337. The van der Waals surface area contributed by atoms with Crippen molar-refractivity contribution in [3.05, 3.63) is 18.0 Å². The summed E-state index contributed by atoms with van der Waals surface area (Å²) in [5.41, 5.74) is -0.0262. The highest BCUT2D eigenvalue weighted by Crippen LogP contribution is 2.23. The van der Waals surface area contributed by atoms with Crippen LogP contribution in [0.4, 0.5) is 8.78 Å². The fourth-order valence-electron chi connectivity index (χ4n) is 2.76. The number of hydrogen-bond donors (Lipinski definition) is 0. The first kappa shape index (κ1) is 15.9. The van der Waals surface area contributed by atoms with E-state index in [1.807, 2.05) is 14.1 Å². The average Bonchev–Trinajstić information content (AvgIpc) is 2.94. The van der Waals surface area contributed by atoms with Gasteiger partial charge in [-0.25, -0.2) is 0 Å². The molecule has 2 heterocycles. The van der Waals surface area contributed by atoms with Crippen LogP contribution in [0.3, 0.4) is 0 Å². The van der Waals surface area contributed by atoms with Crippen LogP contribution in [-0.4, -0.2) is 58.7 Å². The third kappa shape index (κ3) is 3.78. The fourth-order valence-corrected chi connectivity index (χ4v) is 2.76. The van der Waals surface area contributed by atoms with Gasteiger partial charge in [-0.2, -0.15) is 18.6 Å². The molecule has 0 spiro atoms. The van der Waals surface area contributed by atoms with Crippen LogP contribution >= 0.6 is 0 Å². The summed E-state index contributed by atoms with van der Waals surface area (Å²) >= 11 is 0. The van der Waals surface area contributed by atoms with Crippen molar-refractivity contribution in [3.8, 4) is 0 Å². The van der Waals surface area contributed by atoms with Crippen LogP contribution in [-0.2, 0) is 0 Å². The van der Waals surface area contributed by atoms with Crippen LogP contribution in [0, 0.1) is 0 Å². The molecule has 1 saturated heterocycles. The first-order chi connectivity index (χ1) is 10.0. The van der Waals surface area contributed by atoms with E-state index in [4.69, 9.17) is 0 Å². The number of halogens is 2. The van der Waals surface area contributed by atoms with Crippen molar-refractivity contribution in [2.24, 2.45) is 0 Å². The number of amides is 1. The molecule has 1 aliphatic heterocycles. The minimum atomic E-state index is -2.79. The second-order valence-electron chi connectivity index (χ2n) is 5.68. The molecule has 0 saturated carbocycles. The Hall–Kier alpha value is -1.50. The van der Waals surface area contributed by atoms with Crippen LogP contribution in [0.25, 0.3) is 0 Å². The molecule has 0 aliphatic carbocycles. The van der Waals surface area contributed by atoms with Gasteiger partial charge in [0.15, 0.2) is 0 Å². The van der Waals surface area contributed by atoms with Crippen molar-refractivity contribution >= 4 is 5.91 Å². The van der Waals surface area contributed by atoms with E-state index in [1.54, 1.807) is 4.90 Å². The lowest BCUT2D eigenvalue weighted by atomic mass is 9.98. The lowest BCUT2D eigenvalue weighted by molar-refractivity contribution is 0.0403. The van der Waals surface area contributed by atoms with E-state index in [9.17, 15) is 13.6 Å². The Morgan fingerprint density at radius 3 is 2.90 bits per heavy atom. The Labute approximate surface area is 123 Å². The Bertz CT molecular complexity index is 475. The van der Waals surface area contributed by atoms with Crippen LogP contribution in [0.15, 0.2) is 12.3 Å². The van der Waals surface area contributed by atoms with Gasteiger partial charge in [-0.3, -0.25) is 4.79 Å². The maximum absolute atomic E-state index is 12.9. The van der Waals surface area contributed by atoms with Crippen molar-refractivity contribution < 1.29 is 13.6 Å². The predicted molar refractivity (Wildman–Crippen MR) is 75.3 cm³/mol. The van der Waals surface area contributed by atoms with Gasteiger partial charge in [0.2, 0.25) is 0 Å². The first-order valence-electron chi connectivity index (χ1n) is 7.28. The predicted octanol–water partition coefficient (Wildman–Crippen LogP) is 2.22. The molecule has 2 rings (SSSR count). The molecule has 0 N–H and O–H groups in total. The molecule has 1 fully saturated rings. The zero-order chi connectivity index (χ0) is 15.4. The topological polar surface area (TPSA) is 41.4 Å². The molecule has 0 aromatic carbocycles. The molecule has 5 nitrogen and oxygen atoms in total. The maximum Gasteiger partial charge on any atom is 0.333 e. The third-order valence-corrected chi connectivity index (χ3v) is 3.87. The van der Waals surface area contributed by atoms with Gasteiger partial charge in [0.05, 0.1) is 0 Å². The normalized spacial score (nSPS) is 19.5. The average molecular weight is 300 g/mol. The van der Waals surface area contributed by atoms with Gasteiger partial charge < -0.3 is 9.80 Å². The number of rotatable bonds is 5. The number of aromatic nitrogens is 2. The largest absolute Gasteiger partial charge is 0.334 e. The Morgan fingerprint density at radius 1 is 1.48 bits per heavy atom. The van der Waals surface area contributed by atoms with E-state index in [1.165, 1.54) is 12.3 Å². The van der Waals surface area contributed by atoms with Crippen LogP contribution in [0.5, 0.6) is 0 Å². The second-order valence-corrected chi connectivity index (χ2v) is 5.68. The Kier molecular flexibility index (Phi) is 5.27. The summed E-state index contributed by atoms with van der Waals surface area (Å²) in [7, 11) is 3.97. The zero-order valence-electron chi connectivity index (χ0n) is 12.5. The monoisotopic (exact) mass is 300 g/mol. The molecule has 0 unspecified atom stereocenters. The summed E-state index contributed by atoms with van der Waals surface area (Å²) in [6, 6.07) is 1.49. The quantitative estimate of drug-likeness (QED) is 0.837. The molecule has 1 aromatic rings. The smallest absolute Gasteiger partial charge is 0.333 e. The van der Waals surface area contributed by atoms with Gasteiger partial charge in [0.1, 0.15) is 5.69 Å². The SMILES string of the molecule is CN(C)CC[C@@H]1CCCCN1C(=O)c1ccnn1C(F)F. The number of alkyl halides is 2. The second kappa shape index (κ2) is 6.98. The molecule has 118 valence electrons. The lowest BCUT2D eigenvalue weighted by Crippen LogP contribution is -2.45. The summed E-state index contributed by atoms with van der Waals surface area (Å²) in [4.78, 5) is 16.4. The summed E-state index contributed by atoms with van der Waals surface area (Å²) < 4.78 is 26.2. The van der Waals surface area contributed by atoms with Gasteiger partial charge in [-0.15, -0.1) is 0 Å². The number of piperidine rings is 1. The minimum Gasteiger partial charge on any atom is -0.334 e. The van der Waals surface area contributed by atoms with E-state index in [0.717, 1.165) is 32.2 Å². The molecule has 1 atom stereocenters. The van der Waals surface area contributed by atoms with E-state index in [-0.39, 0.29) is 17.6 Å². The zero-order valence-corrected chi connectivity index (χ0v) is 12.5. The van der Waals surface area contributed by atoms with E-state index in [2.05, 4.69) is 10.00 Å². The van der Waals surface area contributed by atoms with Crippen molar-refractivity contribution in [2.45, 2.75) is 38.3 Å². The summed E-state index contributed by atoms with van der Waals surface area (Å²) in [6.45, 7) is -1.28. The van der Waals surface area contributed by atoms with Crippen molar-refractivity contribution in [1.82, 2.24) is 19.6 Å². The molecule has 1 aromatic heterocycles. The van der Waals surface area contributed by atoms with Gasteiger partial charge in [-0.05, 0) is 52.4 Å². The highest BCUT2D eigenvalue weighted by atomic mass is 19.3. The van der Waals surface area contributed by atoms with Gasteiger partial charge in [0.25, 0.3) is 5.91 Å². The molecular weight excluding hydrogens is 278 g/mol. The van der Waals surface area contributed by atoms with E-state index >= 15 is 0 Å². The van der Waals surface area contributed by atoms with E-state index < -0.39 is 6.55 Å². The molecule has 1 amide bonds. The Morgan fingerprint density at radius 2 is 2.24 bits per heavy atom. The third-order valence-electron chi connectivity index (χ3n) is 3.87. The summed E-state index contributed by atoms with van der Waals surface area (Å²) in [5, 5.41) is 3.54. The minimum absolute atomic E-state index is 0.0262. The molecule has 1 aliphatic rings. The van der Waals surface area contributed by atoms with E-state index in [0.29, 0.717) is 11.2 Å². The number of nitrogens with zero attached hydrogens (tertiary/aromatic N) is 4. The van der Waals surface area contributed by atoms with Crippen LogP contribution in [0.2, 0.25) is 0 Å². The summed E-state index contributed by atoms with van der Waals surface area (Å²) in [6.07, 6.45) is 5.05. The molecule has 0 bridgehead atoms. The number of hydrogen-bond acceptors (Lipinski definition) is 3. The Balaban J connectivity index is 2.12. The molecule has 21 heavy (non-hydrogen) atoms. The number of carbonyl (C=O) groups is 1. The number of likely N-dealkylation sites (tertiary alicyclic amines) is 1. The number of carbonyl (C=O) groups excluding carboxylic acids is 1. The van der Waals surface area contributed by atoms with Crippen molar-refractivity contribution in [2.75, 3.05) is 27.2 Å². The van der Waals surface area contributed by atoms with Gasteiger partial charge >= 0.3 is 6.55 Å². The van der Waals surface area contributed by atoms with Crippen LogP contribution in [0.1, 0.15) is 42.7 Å². The van der Waals surface area contributed by atoms with Gasteiger partial charge in [0, 0.05) is 18.8 Å². The standard InChI is InChI=1S/C14H22F2N4O/c1-18(2)10-7-11-5-3-4-9-19(11)13(21)12-6-8-17-20(12)14(15)16/h6,8,11,14H,3-5,7,9-10H2,1-2H3/t11-/m0/s1. The van der Waals surface area contributed by atoms with Crippen LogP contribution < -0.4 is 0 Å². The lowest BCUT2D eigenvalue weighted by Gasteiger charge is -2.36. The molecular formula is C14H22F2N4O. The maximum atomic E-state index is 12.9. The molecule has 0 radical (unpaired) electrons. The highest BCUT2D eigenvalue weighted by Gasteiger charge is 2.30.